The minimum Gasteiger partial charge on any atom is -0.489 e. The van der Waals surface area contributed by atoms with E-state index in [0.717, 1.165) is 41.8 Å². The average Bonchev–Trinajstić information content (AvgIpc) is 2.84. The second-order valence-corrected chi connectivity index (χ2v) is 10.5. The summed E-state index contributed by atoms with van der Waals surface area (Å²) >= 11 is 0. The van der Waals surface area contributed by atoms with E-state index in [1.165, 1.54) is 11.1 Å². The van der Waals surface area contributed by atoms with Crippen molar-refractivity contribution in [1.29, 1.82) is 0 Å². The third kappa shape index (κ3) is 3.64. The number of aryl methyl sites for hydroxylation is 2. The number of nitrogens with zero attached hydrogens (tertiary/aromatic N) is 1. The molecule has 2 aliphatic rings. The smallest absolute Gasteiger partial charge is 0.120 e. The van der Waals surface area contributed by atoms with E-state index in [-0.39, 0.29) is 5.41 Å². The van der Waals surface area contributed by atoms with Crippen LogP contribution in [-0.2, 0) is 24.0 Å². The molecule has 1 heterocycles. The number of benzene rings is 2. The van der Waals surface area contributed by atoms with Gasteiger partial charge in [0, 0.05) is 22.9 Å². The van der Waals surface area contributed by atoms with Gasteiger partial charge in [0.1, 0.15) is 18.0 Å². The molecule has 0 saturated heterocycles. The van der Waals surface area contributed by atoms with Crippen molar-refractivity contribution < 1.29 is 14.9 Å². The Hall–Kier alpha value is -2.69. The van der Waals surface area contributed by atoms with E-state index in [9.17, 15) is 10.2 Å². The van der Waals surface area contributed by atoms with Crippen LogP contribution in [0.2, 0.25) is 0 Å². The van der Waals surface area contributed by atoms with Gasteiger partial charge in [-0.3, -0.25) is 4.98 Å². The normalized spacial score (nSPS) is 30.3. The zero-order chi connectivity index (χ0) is 24.0. The summed E-state index contributed by atoms with van der Waals surface area (Å²) < 4.78 is 6.14. The topological polar surface area (TPSA) is 62.6 Å². The van der Waals surface area contributed by atoms with E-state index in [1.54, 1.807) is 6.20 Å². The van der Waals surface area contributed by atoms with Crippen LogP contribution in [0.25, 0.3) is 0 Å². The third-order valence-electron chi connectivity index (χ3n) is 8.64. The number of ether oxygens (including phenoxy) is 1. The van der Waals surface area contributed by atoms with Gasteiger partial charge in [-0.25, -0.2) is 0 Å². The summed E-state index contributed by atoms with van der Waals surface area (Å²) in [5.74, 6) is 1.18. The Balaban J connectivity index is 1.45. The van der Waals surface area contributed by atoms with Gasteiger partial charge in [-0.1, -0.05) is 49.4 Å². The lowest BCUT2D eigenvalue weighted by Crippen LogP contribution is -2.62. The Morgan fingerprint density at radius 2 is 1.85 bits per heavy atom. The van der Waals surface area contributed by atoms with Crippen molar-refractivity contribution in [3.8, 4) is 5.75 Å². The van der Waals surface area contributed by atoms with Gasteiger partial charge < -0.3 is 14.9 Å². The van der Waals surface area contributed by atoms with Gasteiger partial charge in [0.05, 0.1) is 5.60 Å². The predicted octanol–water partition coefficient (Wildman–Crippen LogP) is 5.61. The van der Waals surface area contributed by atoms with Crippen molar-refractivity contribution in [1.82, 2.24) is 4.98 Å². The molecule has 178 valence electrons. The first-order chi connectivity index (χ1) is 16.3. The minimum absolute atomic E-state index is 0.156. The van der Waals surface area contributed by atoms with Gasteiger partial charge in [-0.05, 0) is 86.8 Å². The van der Waals surface area contributed by atoms with Gasteiger partial charge in [0.2, 0.25) is 0 Å². The molecule has 0 amide bonds. The van der Waals surface area contributed by atoms with Crippen LogP contribution < -0.4 is 4.74 Å². The van der Waals surface area contributed by atoms with E-state index in [0.29, 0.717) is 25.4 Å². The molecule has 34 heavy (non-hydrogen) atoms. The van der Waals surface area contributed by atoms with Crippen LogP contribution in [0.3, 0.4) is 0 Å². The molecule has 0 aliphatic heterocycles. The molecule has 1 fully saturated rings. The molecule has 2 aromatic carbocycles. The lowest BCUT2D eigenvalue weighted by molar-refractivity contribution is -0.205. The van der Waals surface area contributed by atoms with Gasteiger partial charge in [0.15, 0.2) is 0 Å². The van der Waals surface area contributed by atoms with Crippen LogP contribution in [0.5, 0.6) is 5.75 Å². The lowest BCUT2D eigenvalue weighted by atomic mass is 9.49. The molecular weight excluding hydrogens is 422 g/mol. The molecule has 0 unspecified atom stereocenters. The Bertz CT molecular complexity index is 1170. The monoisotopic (exact) mass is 457 g/mol. The van der Waals surface area contributed by atoms with Crippen LogP contribution in [0.4, 0.5) is 0 Å². The number of rotatable bonds is 5. The summed E-state index contributed by atoms with van der Waals surface area (Å²) in [5.41, 5.74) is 2.87. The molecule has 4 heteroatoms. The SMILES string of the molecule is CC[C@@]12C[C@@](C)(O)[C@](O)(c3ccccc3)C[C@H]1CCc1cc(OCc3cccnc3C)ccc12. The summed E-state index contributed by atoms with van der Waals surface area (Å²) in [6, 6.07) is 20.2. The summed E-state index contributed by atoms with van der Waals surface area (Å²) in [6.45, 7) is 6.54. The maximum absolute atomic E-state index is 11.8. The Kier molecular flexibility index (Phi) is 5.78. The highest BCUT2D eigenvalue weighted by Gasteiger charge is 2.60. The van der Waals surface area contributed by atoms with Gasteiger partial charge in [-0.15, -0.1) is 0 Å². The number of pyridine rings is 1. The van der Waals surface area contributed by atoms with Gasteiger partial charge in [-0.2, -0.15) is 0 Å². The molecule has 2 N–H and O–H groups in total. The van der Waals surface area contributed by atoms with Crippen LogP contribution in [0, 0.1) is 12.8 Å². The first-order valence-corrected chi connectivity index (χ1v) is 12.5. The summed E-state index contributed by atoms with van der Waals surface area (Å²) in [6.07, 6.45) is 5.79. The first kappa shape index (κ1) is 23.1. The number of aromatic nitrogens is 1. The summed E-state index contributed by atoms with van der Waals surface area (Å²) in [7, 11) is 0. The molecule has 1 saturated carbocycles. The molecule has 1 aromatic heterocycles. The molecule has 3 aromatic rings. The maximum Gasteiger partial charge on any atom is 0.120 e. The third-order valence-corrected chi connectivity index (χ3v) is 8.64. The molecule has 5 rings (SSSR count). The Morgan fingerprint density at radius 1 is 1.06 bits per heavy atom. The zero-order valence-corrected chi connectivity index (χ0v) is 20.4. The highest BCUT2D eigenvalue weighted by molar-refractivity contribution is 5.45. The second kappa shape index (κ2) is 8.51. The Labute approximate surface area is 202 Å². The number of hydrogen-bond donors (Lipinski definition) is 2. The van der Waals surface area contributed by atoms with Crippen LogP contribution in [0.15, 0.2) is 66.9 Å². The fourth-order valence-electron chi connectivity index (χ4n) is 6.63. The lowest BCUT2D eigenvalue weighted by Gasteiger charge is -2.59. The van der Waals surface area contributed by atoms with E-state index >= 15 is 0 Å². The predicted molar refractivity (Wildman–Crippen MR) is 134 cm³/mol. The zero-order valence-electron chi connectivity index (χ0n) is 20.4. The highest BCUT2D eigenvalue weighted by atomic mass is 16.5. The summed E-state index contributed by atoms with van der Waals surface area (Å²) in [4.78, 5) is 4.35. The number of hydrogen-bond acceptors (Lipinski definition) is 4. The standard InChI is InChI=1S/C30H35NO3/c1-4-29-20-28(3,32)30(33,24-10-6-5-7-11-24)18-25(29)13-12-22-17-26(14-15-27(22)29)34-19-23-9-8-16-31-21(23)2/h5-11,14-17,25,32-33H,4,12-13,18-20H2,1-3H3/t25-,28-,29-,30-/m1/s1. The molecule has 0 radical (unpaired) electrons. The highest BCUT2D eigenvalue weighted by Crippen LogP contribution is 2.60. The van der Waals surface area contributed by atoms with Crippen molar-refractivity contribution in [3.05, 3.63) is 94.8 Å². The van der Waals surface area contributed by atoms with E-state index < -0.39 is 11.2 Å². The van der Waals surface area contributed by atoms with Gasteiger partial charge in [0.25, 0.3) is 0 Å². The number of fused-ring (bicyclic) bond motifs is 3. The second-order valence-electron chi connectivity index (χ2n) is 10.5. The number of aliphatic hydroxyl groups is 2. The average molecular weight is 458 g/mol. The Morgan fingerprint density at radius 3 is 2.59 bits per heavy atom. The fourth-order valence-corrected chi connectivity index (χ4v) is 6.63. The fraction of sp³-hybridized carbons (Fsp3) is 0.433. The van der Waals surface area contributed by atoms with Gasteiger partial charge >= 0.3 is 0 Å². The molecule has 0 spiro atoms. The minimum atomic E-state index is -1.25. The molecule has 0 bridgehead atoms. The van der Waals surface area contributed by atoms with Crippen molar-refractivity contribution in [2.24, 2.45) is 5.92 Å². The van der Waals surface area contributed by atoms with Crippen molar-refractivity contribution in [3.63, 3.8) is 0 Å². The van der Waals surface area contributed by atoms with Crippen LogP contribution in [0.1, 0.15) is 67.5 Å². The van der Waals surface area contributed by atoms with Crippen molar-refractivity contribution in [2.75, 3.05) is 0 Å². The summed E-state index contributed by atoms with van der Waals surface area (Å²) in [5, 5.41) is 23.6. The maximum atomic E-state index is 11.8. The molecule has 2 aliphatic carbocycles. The molecule has 4 nitrogen and oxygen atoms in total. The van der Waals surface area contributed by atoms with Crippen molar-refractivity contribution >= 4 is 0 Å². The quantitative estimate of drug-likeness (QED) is 0.523. The first-order valence-electron chi connectivity index (χ1n) is 12.5. The van der Waals surface area contributed by atoms with Crippen LogP contribution in [-0.4, -0.2) is 20.8 Å². The van der Waals surface area contributed by atoms with E-state index in [4.69, 9.17) is 4.74 Å². The van der Waals surface area contributed by atoms with E-state index in [2.05, 4.69) is 36.2 Å². The van der Waals surface area contributed by atoms with Crippen molar-refractivity contribution in [2.45, 2.75) is 76.1 Å². The molecule has 4 atom stereocenters. The largest absolute Gasteiger partial charge is 0.489 e. The molecular formula is C30H35NO3. The van der Waals surface area contributed by atoms with E-state index in [1.807, 2.05) is 50.2 Å². The van der Waals surface area contributed by atoms with Crippen LogP contribution >= 0.6 is 0 Å².